The first kappa shape index (κ1) is 23.3. The summed E-state index contributed by atoms with van der Waals surface area (Å²) in [6, 6.07) is 16.7. The van der Waals surface area contributed by atoms with Crippen molar-refractivity contribution in [3.05, 3.63) is 102 Å². The molecule has 0 radical (unpaired) electrons. The van der Waals surface area contributed by atoms with Crippen molar-refractivity contribution in [3.8, 4) is 5.75 Å². The number of esters is 1. The molecule has 9 nitrogen and oxygen atoms in total. The van der Waals surface area contributed by atoms with Crippen LogP contribution < -0.4 is 15.2 Å². The van der Waals surface area contributed by atoms with E-state index in [4.69, 9.17) is 4.74 Å². The van der Waals surface area contributed by atoms with E-state index in [1.807, 2.05) is 0 Å². The molecule has 1 N–H and O–H groups in total. The second-order valence-electron chi connectivity index (χ2n) is 6.97. The van der Waals surface area contributed by atoms with Crippen LogP contribution in [0.1, 0.15) is 15.9 Å². The fourth-order valence-electron chi connectivity index (χ4n) is 3.14. The lowest BCUT2D eigenvalue weighted by Crippen LogP contribution is -2.35. The molecule has 0 aromatic heterocycles. The molecule has 4 rings (SSSR count). The molecule has 11 heteroatoms. The number of anilines is 1. The van der Waals surface area contributed by atoms with Gasteiger partial charge in [-0.1, -0.05) is 34.1 Å². The summed E-state index contributed by atoms with van der Waals surface area (Å²) < 4.78 is 6.52. The molecule has 170 valence electrons. The second kappa shape index (κ2) is 9.57. The molecule has 3 aromatic rings. The Kier molecular flexibility index (Phi) is 6.57. The lowest BCUT2D eigenvalue weighted by atomic mass is 10.1. The summed E-state index contributed by atoms with van der Waals surface area (Å²) in [4.78, 5) is 48.4. The van der Waals surface area contributed by atoms with Gasteiger partial charge in [-0.3, -0.25) is 25.1 Å². The molecular weight excluding hydrogens is 574 g/mol. The van der Waals surface area contributed by atoms with Crippen LogP contribution in [0.25, 0.3) is 6.08 Å². The number of halogens is 2. The first-order valence-electron chi connectivity index (χ1n) is 9.62. The molecule has 0 spiro atoms. The van der Waals surface area contributed by atoms with Crippen LogP contribution in [0.5, 0.6) is 5.75 Å². The third-order valence-electron chi connectivity index (χ3n) is 4.75. The van der Waals surface area contributed by atoms with E-state index in [1.165, 1.54) is 30.3 Å². The van der Waals surface area contributed by atoms with E-state index >= 15 is 0 Å². The maximum atomic E-state index is 12.9. The van der Waals surface area contributed by atoms with Crippen LogP contribution in [0.15, 0.2) is 81.2 Å². The number of hydrogen-bond donors (Lipinski definition) is 1. The van der Waals surface area contributed by atoms with Gasteiger partial charge in [-0.25, -0.2) is 9.80 Å². The monoisotopic (exact) mass is 585 g/mol. The highest BCUT2D eigenvalue weighted by atomic mass is 79.9. The van der Waals surface area contributed by atoms with Gasteiger partial charge in [-0.2, -0.15) is 0 Å². The summed E-state index contributed by atoms with van der Waals surface area (Å²) in [6.07, 6.45) is 1.33. The number of benzene rings is 3. The van der Waals surface area contributed by atoms with Crippen molar-refractivity contribution < 1.29 is 24.0 Å². The lowest BCUT2D eigenvalue weighted by molar-refractivity contribution is -0.384. The minimum Gasteiger partial charge on any atom is -0.421 e. The molecule has 0 aliphatic carbocycles. The third-order valence-corrected chi connectivity index (χ3v) is 5.80. The average Bonchev–Trinajstić information content (AvgIpc) is 3.10. The summed E-state index contributed by atoms with van der Waals surface area (Å²) in [5, 5.41) is 12.0. The highest BCUT2D eigenvalue weighted by Crippen LogP contribution is 2.36. The van der Waals surface area contributed by atoms with Crippen LogP contribution in [0.2, 0.25) is 0 Å². The van der Waals surface area contributed by atoms with Gasteiger partial charge in [0.05, 0.1) is 20.6 Å². The number of amides is 2. The number of hydrazine groups is 1. The fourth-order valence-corrected chi connectivity index (χ4v) is 4.48. The van der Waals surface area contributed by atoms with Crippen molar-refractivity contribution in [2.24, 2.45) is 0 Å². The summed E-state index contributed by atoms with van der Waals surface area (Å²) in [5.74, 6) is -1.89. The van der Waals surface area contributed by atoms with E-state index in [2.05, 4.69) is 37.3 Å². The minimum atomic E-state index is -0.773. The second-order valence-corrected chi connectivity index (χ2v) is 8.74. The standard InChI is InChI=1S/C23H13Br2N3O6/c24-15-10-14(11-18-21(29)26-27(22(18)30)16-4-2-1-3-5-16)20(19(25)12-15)34-23(31)13-6-8-17(9-7-13)28(32)33/h1-12H,(H,26,29)/b18-11+. The van der Waals surface area contributed by atoms with Gasteiger partial charge in [0, 0.05) is 22.2 Å². The van der Waals surface area contributed by atoms with Crippen LogP contribution >= 0.6 is 31.9 Å². The number of non-ortho nitro benzene ring substituents is 1. The van der Waals surface area contributed by atoms with Crippen LogP contribution in [0.3, 0.4) is 0 Å². The summed E-state index contributed by atoms with van der Waals surface area (Å²) >= 11 is 6.68. The van der Waals surface area contributed by atoms with Gasteiger partial charge < -0.3 is 4.74 Å². The van der Waals surface area contributed by atoms with Gasteiger partial charge in [0.25, 0.3) is 17.5 Å². The normalized spacial score (nSPS) is 14.3. The highest BCUT2D eigenvalue weighted by molar-refractivity contribution is 9.11. The van der Waals surface area contributed by atoms with Crippen LogP contribution in [-0.4, -0.2) is 22.7 Å². The molecule has 34 heavy (non-hydrogen) atoms. The number of carbonyl (C=O) groups is 3. The quantitative estimate of drug-likeness (QED) is 0.115. The summed E-state index contributed by atoms with van der Waals surface area (Å²) in [7, 11) is 0. The number of nitro benzene ring substituents is 1. The number of nitrogens with zero attached hydrogens (tertiary/aromatic N) is 2. The average molecular weight is 587 g/mol. The number of para-hydroxylation sites is 1. The third kappa shape index (κ3) is 4.75. The van der Waals surface area contributed by atoms with Gasteiger partial charge in [0.2, 0.25) is 0 Å². The molecule has 1 fully saturated rings. The number of carbonyl (C=O) groups excluding carboxylic acids is 3. The molecule has 1 saturated heterocycles. The molecule has 0 saturated carbocycles. The van der Waals surface area contributed by atoms with Crippen molar-refractivity contribution >= 4 is 67.1 Å². The van der Waals surface area contributed by atoms with Crippen molar-refractivity contribution in [2.45, 2.75) is 0 Å². The first-order valence-corrected chi connectivity index (χ1v) is 11.2. The van der Waals surface area contributed by atoms with Crippen molar-refractivity contribution in [2.75, 3.05) is 5.01 Å². The zero-order valence-corrected chi connectivity index (χ0v) is 20.2. The fraction of sp³-hybridized carbons (Fsp3) is 0. The lowest BCUT2D eigenvalue weighted by Gasteiger charge is -2.14. The number of rotatable bonds is 5. The molecule has 0 unspecified atom stereocenters. The SMILES string of the molecule is O=C1NN(c2ccccc2)C(=O)/C1=C/c1cc(Br)cc(Br)c1OC(=O)c1ccc([N+](=O)[O-])cc1. The predicted molar refractivity (Wildman–Crippen MR) is 130 cm³/mol. The Labute approximate surface area is 209 Å². The number of hydrogen-bond acceptors (Lipinski definition) is 6. The molecule has 0 bridgehead atoms. The Hall–Kier alpha value is -3.83. The Morgan fingerprint density at radius 3 is 2.35 bits per heavy atom. The predicted octanol–water partition coefficient (Wildman–Crippen LogP) is 4.80. The van der Waals surface area contributed by atoms with E-state index in [9.17, 15) is 24.5 Å². The van der Waals surface area contributed by atoms with Crippen LogP contribution in [-0.2, 0) is 9.59 Å². The summed E-state index contributed by atoms with van der Waals surface area (Å²) in [5.41, 5.74) is 3.05. The molecule has 2 amide bonds. The van der Waals surface area contributed by atoms with Gasteiger partial charge in [-0.15, -0.1) is 0 Å². The Morgan fingerprint density at radius 1 is 1.03 bits per heavy atom. The largest absolute Gasteiger partial charge is 0.421 e. The van der Waals surface area contributed by atoms with Crippen LogP contribution in [0.4, 0.5) is 11.4 Å². The first-order chi connectivity index (χ1) is 16.2. The molecule has 0 atom stereocenters. The van der Waals surface area contributed by atoms with E-state index < -0.39 is 22.7 Å². The van der Waals surface area contributed by atoms with Crippen molar-refractivity contribution in [3.63, 3.8) is 0 Å². The summed E-state index contributed by atoms with van der Waals surface area (Å²) in [6.45, 7) is 0. The Balaban J connectivity index is 1.67. The molecule has 1 aliphatic rings. The molecule has 1 aliphatic heterocycles. The topological polar surface area (TPSA) is 119 Å². The van der Waals surface area contributed by atoms with E-state index in [1.54, 1.807) is 42.5 Å². The Morgan fingerprint density at radius 2 is 1.71 bits per heavy atom. The van der Waals surface area contributed by atoms with Crippen molar-refractivity contribution in [1.29, 1.82) is 0 Å². The zero-order chi connectivity index (χ0) is 24.4. The van der Waals surface area contributed by atoms with Gasteiger partial charge in [0.1, 0.15) is 5.57 Å². The van der Waals surface area contributed by atoms with Gasteiger partial charge >= 0.3 is 5.97 Å². The smallest absolute Gasteiger partial charge is 0.343 e. The number of nitro groups is 1. The van der Waals surface area contributed by atoms with E-state index in [0.29, 0.717) is 14.6 Å². The maximum Gasteiger partial charge on any atom is 0.343 e. The number of ether oxygens (including phenoxy) is 1. The maximum absolute atomic E-state index is 12.9. The minimum absolute atomic E-state index is 0.0674. The van der Waals surface area contributed by atoms with E-state index in [-0.39, 0.29) is 28.1 Å². The van der Waals surface area contributed by atoms with Crippen LogP contribution in [0, 0.1) is 10.1 Å². The van der Waals surface area contributed by atoms with Gasteiger partial charge in [0.15, 0.2) is 5.75 Å². The van der Waals surface area contributed by atoms with Gasteiger partial charge in [-0.05, 0) is 58.4 Å². The molecular formula is C23H13Br2N3O6. The Bertz CT molecular complexity index is 1360. The molecule has 1 heterocycles. The highest BCUT2D eigenvalue weighted by Gasteiger charge is 2.34. The van der Waals surface area contributed by atoms with E-state index in [0.717, 1.165) is 5.01 Å². The zero-order valence-electron chi connectivity index (χ0n) is 17.0. The van der Waals surface area contributed by atoms with Crippen molar-refractivity contribution in [1.82, 2.24) is 5.43 Å². The number of nitrogens with one attached hydrogen (secondary N) is 1. The molecule has 3 aromatic carbocycles.